The minimum atomic E-state index is -4.32. The standard InChI is InChI=1S/C18H13F3S/c19-18(20,21)15-9-8-14(11-13-5-2-1-3-6-13)16(12-15)17-7-4-10-22-17/h1-10,12H,11H2. The van der Waals surface area contributed by atoms with E-state index in [0.717, 1.165) is 22.1 Å². The van der Waals surface area contributed by atoms with Crippen LogP contribution in [0.1, 0.15) is 16.7 Å². The Labute approximate surface area is 130 Å². The third kappa shape index (κ3) is 3.22. The van der Waals surface area contributed by atoms with Crippen molar-refractivity contribution in [2.75, 3.05) is 0 Å². The zero-order chi connectivity index (χ0) is 15.6. The van der Waals surface area contributed by atoms with E-state index in [4.69, 9.17) is 0 Å². The summed E-state index contributed by atoms with van der Waals surface area (Å²) in [5.41, 5.74) is 2.04. The van der Waals surface area contributed by atoms with E-state index in [1.165, 1.54) is 17.4 Å². The molecule has 22 heavy (non-hydrogen) atoms. The van der Waals surface area contributed by atoms with Gasteiger partial charge in [-0.25, -0.2) is 0 Å². The smallest absolute Gasteiger partial charge is 0.166 e. The van der Waals surface area contributed by atoms with Crippen LogP contribution in [-0.4, -0.2) is 0 Å². The average molecular weight is 318 g/mol. The highest BCUT2D eigenvalue weighted by Gasteiger charge is 2.31. The molecule has 1 aromatic heterocycles. The van der Waals surface area contributed by atoms with Crippen LogP contribution in [0.25, 0.3) is 10.4 Å². The molecule has 0 fully saturated rings. The summed E-state index contributed by atoms with van der Waals surface area (Å²) >= 11 is 1.45. The lowest BCUT2D eigenvalue weighted by Crippen LogP contribution is -2.05. The normalized spacial score (nSPS) is 11.6. The summed E-state index contributed by atoms with van der Waals surface area (Å²) < 4.78 is 38.9. The second kappa shape index (κ2) is 5.97. The van der Waals surface area contributed by atoms with Crippen molar-refractivity contribution in [2.45, 2.75) is 12.6 Å². The van der Waals surface area contributed by atoms with Crippen molar-refractivity contribution < 1.29 is 13.2 Å². The highest BCUT2D eigenvalue weighted by molar-refractivity contribution is 7.13. The molecule has 0 spiro atoms. The van der Waals surface area contributed by atoms with Gasteiger partial charge in [0.2, 0.25) is 0 Å². The Morgan fingerprint density at radius 3 is 2.27 bits per heavy atom. The molecule has 3 rings (SSSR count). The van der Waals surface area contributed by atoms with Crippen molar-refractivity contribution >= 4 is 11.3 Å². The van der Waals surface area contributed by atoms with Crippen LogP contribution in [0.3, 0.4) is 0 Å². The second-order valence-corrected chi connectivity index (χ2v) is 5.96. The Kier molecular flexibility index (Phi) is 4.03. The monoisotopic (exact) mass is 318 g/mol. The van der Waals surface area contributed by atoms with Crippen molar-refractivity contribution in [3.05, 3.63) is 82.7 Å². The van der Waals surface area contributed by atoms with E-state index in [1.807, 2.05) is 47.8 Å². The molecular formula is C18H13F3S. The highest BCUT2D eigenvalue weighted by atomic mass is 32.1. The zero-order valence-electron chi connectivity index (χ0n) is 11.6. The van der Waals surface area contributed by atoms with Gasteiger partial charge in [0, 0.05) is 4.88 Å². The summed E-state index contributed by atoms with van der Waals surface area (Å²) in [4.78, 5) is 0.858. The first-order chi connectivity index (χ1) is 10.5. The van der Waals surface area contributed by atoms with Gasteiger partial charge in [0.1, 0.15) is 0 Å². The van der Waals surface area contributed by atoms with E-state index >= 15 is 0 Å². The van der Waals surface area contributed by atoms with Crippen molar-refractivity contribution in [3.8, 4) is 10.4 Å². The molecule has 0 amide bonds. The maximum Gasteiger partial charge on any atom is 0.416 e. The Morgan fingerprint density at radius 2 is 1.64 bits per heavy atom. The van der Waals surface area contributed by atoms with Crippen molar-refractivity contribution in [3.63, 3.8) is 0 Å². The van der Waals surface area contributed by atoms with Crippen LogP contribution in [0.2, 0.25) is 0 Å². The van der Waals surface area contributed by atoms with Crippen LogP contribution in [0.4, 0.5) is 13.2 Å². The van der Waals surface area contributed by atoms with Crippen LogP contribution in [-0.2, 0) is 12.6 Å². The Morgan fingerprint density at radius 1 is 0.864 bits per heavy atom. The van der Waals surface area contributed by atoms with Gasteiger partial charge < -0.3 is 0 Å². The molecule has 0 bridgehead atoms. The molecule has 0 saturated carbocycles. The van der Waals surface area contributed by atoms with Gasteiger partial charge in [0.05, 0.1) is 5.56 Å². The van der Waals surface area contributed by atoms with E-state index in [-0.39, 0.29) is 0 Å². The third-order valence-electron chi connectivity index (χ3n) is 3.46. The van der Waals surface area contributed by atoms with Crippen LogP contribution in [0.5, 0.6) is 0 Å². The quantitative estimate of drug-likeness (QED) is 0.553. The average Bonchev–Trinajstić information content (AvgIpc) is 3.01. The lowest BCUT2D eigenvalue weighted by molar-refractivity contribution is -0.137. The SMILES string of the molecule is FC(F)(F)c1ccc(Cc2ccccc2)c(-c2cccs2)c1. The summed E-state index contributed by atoms with van der Waals surface area (Å²) in [5, 5.41) is 1.88. The Hall–Kier alpha value is -2.07. The Bertz CT molecular complexity index is 744. The largest absolute Gasteiger partial charge is 0.416 e. The first-order valence-corrected chi connectivity index (χ1v) is 7.70. The van der Waals surface area contributed by atoms with E-state index in [9.17, 15) is 13.2 Å². The zero-order valence-corrected chi connectivity index (χ0v) is 12.4. The van der Waals surface area contributed by atoms with Crippen LogP contribution in [0.15, 0.2) is 66.0 Å². The molecular weight excluding hydrogens is 305 g/mol. The summed E-state index contributed by atoms with van der Waals surface area (Å²) in [6.45, 7) is 0. The molecule has 0 radical (unpaired) electrons. The molecule has 2 aromatic carbocycles. The molecule has 4 heteroatoms. The maximum atomic E-state index is 13.0. The van der Waals surface area contributed by atoms with Gasteiger partial charge in [-0.3, -0.25) is 0 Å². The highest BCUT2D eigenvalue weighted by Crippen LogP contribution is 2.36. The third-order valence-corrected chi connectivity index (χ3v) is 4.36. The summed E-state index contributed by atoms with van der Waals surface area (Å²) in [6.07, 6.45) is -3.70. The predicted molar refractivity (Wildman–Crippen MR) is 84.0 cm³/mol. The predicted octanol–water partition coefficient (Wildman–Crippen LogP) is 6.02. The van der Waals surface area contributed by atoms with Crippen molar-refractivity contribution in [1.82, 2.24) is 0 Å². The van der Waals surface area contributed by atoms with Gasteiger partial charge in [-0.05, 0) is 46.7 Å². The van der Waals surface area contributed by atoms with Crippen LogP contribution >= 0.6 is 11.3 Å². The lowest BCUT2D eigenvalue weighted by Gasteiger charge is -2.13. The van der Waals surface area contributed by atoms with E-state index in [1.54, 1.807) is 6.07 Å². The number of hydrogen-bond donors (Lipinski definition) is 0. The number of benzene rings is 2. The van der Waals surface area contributed by atoms with Gasteiger partial charge in [-0.1, -0.05) is 42.5 Å². The molecule has 112 valence electrons. The molecule has 0 aliphatic carbocycles. The number of hydrogen-bond acceptors (Lipinski definition) is 1. The van der Waals surface area contributed by atoms with Crippen molar-refractivity contribution in [1.29, 1.82) is 0 Å². The minimum Gasteiger partial charge on any atom is -0.166 e. The summed E-state index contributed by atoms with van der Waals surface area (Å²) in [5.74, 6) is 0. The van der Waals surface area contributed by atoms with Crippen LogP contribution < -0.4 is 0 Å². The van der Waals surface area contributed by atoms with Crippen molar-refractivity contribution in [2.24, 2.45) is 0 Å². The van der Waals surface area contributed by atoms with E-state index < -0.39 is 11.7 Å². The van der Waals surface area contributed by atoms with Gasteiger partial charge in [-0.15, -0.1) is 11.3 Å². The molecule has 1 heterocycles. The van der Waals surface area contributed by atoms with Crippen LogP contribution in [0, 0.1) is 0 Å². The molecule has 0 atom stereocenters. The second-order valence-electron chi connectivity index (χ2n) is 5.01. The minimum absolute atomic E-state index is 0.604. The molecule has 0 aliphatic rings. The fraction of sp³-hybridized carbons (Fsp3) is 0.111. The topological polar surface area (TPSA) is 0 Å². The van der Waals surface area contributed by atoms with Gasteiger partial charge in [-0.2, -0.15) is 13.2 Å². The summed E-state index contributed by atoms with van der Waals surface area (Å²) in [6, 6.07) is 17.5. The molecule has 0 N–H and O–H groups in total. The molecule has 0 saturated heterocycles. The van der Waals surface area contributed by atoms with Gasteiger partial charge >= 0.3 is 6.18 Å². The Balaban J connectivity index is 2.06. The first-order valence-electron chi connectivity index (χ1n) is 6.82. The number of rotatable bonds is 3. The summed E-state index contributed by atoms with van der Waals surface area (Å²) in [7, 11) is 0. The van der Waals surface area contributed by atoms with Gasteiger partial charge in [0.15, 0.2) is 0 Å². The molecule has 0 unspecified atom stereocenters. The van der Waals surface area contributed by atoms with E-state index in [0.29, 0.717) is 12.0 Å². The van der Waals surface area contributed by atoms with E-state index in [2.05, 4.69) is 0 Å². The fourth-order valence-corrected chi connectivity index (χ4v) is 3.16. The molecule has 0 nitrogen and oxygen atoms in total. The fourth-order valence-electron chi connectivity index (χ4n) is 2.38. The number of alkyl halides is 3. The number of halogens is 3. The lowest BCUT2D eigenvalue weighted by atomic mass is 9.96. The maximum absolute atomic E-state index is 13.0. The molecule has 3 aromatic rings. The molecule has 0 aliphatic heterocycles. The first kappa shape index (κ1) is 14.9. The van der Waals surface area contributed by atoms with Gasteiger partial charge in [0.25, 0.3) is 0 Å². The number of thiophene rings is 1.